The van der Waals surface area contributed by atoms with Gasteiger partial charge in [0, 0.05) is 17.2 Å². The van der Waals surface area contributed by atoms with E-state index in [4.69, 9.17) is 4.74 Å². The van der Waals surface area contributed by atoms with Gasteiger partial charge in [-0.3, -0.25) is 19.6 Å². The molecule has 0 atom stereocenters. The van der Waals surface area contributed by atoms with Crippen molar-refractivity contribution in [1.29, 1.82) is 0 Å². The second-order valence-electron chi connectivity index (χ2n) is 6.70. The molecule has 32 heavy (non-hydrogen) atoms. The number of nitro benzene ring substituents is 1. The van der Waals surface area contributed by atoms with E-state index in [0.29, 0.717) is 11.3 Å². The van der Waals surface area contributed by atoms with Crippen molar-refractivity contribution in [3.8, 4) is 11.5 Å². The Morgan fingerprint density at radius 3 is 2.47 bits per heavy atom. The fraction of sp³-hybridized carbons (Fsp3) is 0.0952. The highest BCUT2D eigenvalue weighted by molar-refractivity contribution is 7.92. The average Bonchev–Trinajstić information content (AvgIpc) is 2.75. The van der Waals surface area contributed by atoms with Crippen LogP contribution in [0.25, 0.3) is 0 Å². The summed E-state index contributed by atoms with van der Waals surface area (Å²) >= 11 is 0. The number of hydrogen-bond donors (Lipinski definition) is 3. The smallest absolute Gasteiger partial charge is 0.273 e. The summed E-state index contributed by atoms with van der Waals surface area (Å²) in [5, 5.41) is 23.6. The first-order chi connectivity index (χ1) is 15.1. The molecule has 0 aliphatic rings. The number of carbonyl (C=O) groups is 1. The van der Waals surface area contributed by atoms with Gasteiger partial charge in [0.15, 0.2) is 0 Å². The maximum atomic E-state index is 12.8. The maximum absolute atomic E-state index is 12.8. The molecule has 0 aliphatic carbocycles. The van der Waals surface area contributed by atoms with Crippen LogP contribution in [0.15, 0.2) is 65.6 Å². The predicted molar refractivity (Wildman–Crippen MR) is 118 cm³/mol. The van der Waals surface area contributed by atoms with E-state index in [1.807, 2.05) is 0 Å². The lowest BCUT2D eigenvalue weighted by molar-refractivity contribution is -0.385. The molecule has 0 heterocycles. The SMILES string of the molecule is COc1ccccc1NS(=O)(=O)c1ccc(O)c(NC(=O)c2ccc(C)c([N+](=O)[O-])c2)c1. The Labute approximate surface area is 183 Å². The van der Waals surface area contributed by atoms with Crippen LogP contribution in [0, 0.1) is 17.0 Å². The quantitative estimate of drug-likeness (QED) is 0.278. The second-order valence-corrected chi connectivity index (χ2v) is 8.38. The van der Waals surface area contributed by atoms with Crippen LogP contribution < -0.4 is 14.8 Å². The highest BCUT2D eigenvalue weighted by Gasteiger charge is 2.20. The maximum Gasteiger partial charge on any atom is 0.273 e. The van der Waals surface area contributed by atoms with E-state index in [9.17, 15) is 28.4 Å². The third-order valence-corrected chi connectivity index (χ3v) is 5.91. The number of aromatic hydroxyl groups is 1. The number of nitro groups is 1. The molecule has 166 valence electrons. The van der Waals surface area contributed by atoms with Crippen molar-refractivity contribution in [1.82, 2.24) is 0 Å². The average molecular weight is 457 g/mol. The van der Waals surface area contributed by atoms with Gasteiger partial charge in [0.2, 0.25) is 0 Å². The molecule has 3 aromatic rings. The van der Waals surface area contributed by atoms with Gasteiger partial charge in [-0.05, 0) is 43.3 Å². The zero-order valence-corrected chi connectivity index (χ0v) is 17.8. The lowest BCUT2D eigenvalue weighted by atomic mass is 10.1. The number of amides is 1. The number of nitrogens with one attached hydrogen (secondary N) is 2. The summed E-state index contributed by atoms with van der Waals surface area (Å²) in [5.41, 5.74) is 0.146. The summed E-state index contributed by atoms with van der Waals surface area (Å²) < 4.78 is 33.1. The van der Waals surface area contributed by atoms with Crippen molar-refractivity contribution in [3.05, 3.63) is 81.9 Å². The number of phenols is 1. The van der Waals surface area contributed by atoms with Crippen LogP contribution in [0.4, 0.5) is 17.1 Å². The van der Waals surface area contributed by atoms with E-state index >= 15 is 0 Å². The van der Waals surface area contributed by atoms with Crippen molar-refractivity contribution in [3.63, 3.8) is 0 Å². The normalized spacial score (nSPS) is 10.9. The molecule has 0 aliphatic heterocycles. The fourth-order valence-electron chi connectivity index (χ4n) is 2.86. The number of phenolic OH excluding ortho intramolecular Hbond substituents is 1. The van der Waals surface area contributed by atoms with Crippen molar-refractivity contribution in [2.75, 3.05) is 17.1 Å². The Morgan fingerprint density at radius 2 is 1.78 bits per heavy atom. The van der Waals surface area contributed by atoms with Crippen LogP contribution in [-0.2, 0) is 10.0 Å². The first kappa shape index (κ1) is 22.6. The number of nitrogens with zero attached hydrogens (tertiary/aromatic N) is 1. The predicted octanol–water partition coefficient (Wildman–Crippen LogP) is 3.67. The van der Waals surface area contributed by atoms with Gasteiger partial charge in [-0.25, -0.2) is 8.42 Å². The number of aryl methyl sites for hydroxylation is 1. The van der Waals surface area contributed by atoms with Gasteiger partial charge in [-0.1, -0.05) is 18.2 Å². The Bertz CT molecular complexity index is 1310. The molecule has 3 aromatic carbocycles. The van der Waals surface area contributed by atoms with Crippen molar-refractivity contribution < 1.29 is 28.0 Å². The number of anilines is 2. The largest absolute Gasteiger partial charge is 0.506 e. The summed E-state index contributed by atoms with van der Waals surface area (Å²) in [5.74, 6) is -0.823. The third kappa shape index (κ3) is 4.78. The first-order valence-electron chi connectivity index (χ1n) is 9.17. The molecule has 0 fully saturated rings. The summed E-state index contributed by atoms with van der Waals surface area (Å²) in [6.07, 6.45) is 0. The monoisotopic (exact) mass is 457 g/mol. The molecule has 0 bridgehead atoms. The van der Waals surface area contributed by atoms with Gasteiger partial charge < -0.3 is 15.2 Å². The number of ether oxygens (including phenoxy) is 1. The van der Waals surface area contributed by atoms with Gasteiger partial charge in [0.25, 0.3) is 21.6 Å². The van der Waals surface area contributed by atoms with Gasteiger partial charge >= 0.3 is 0 Å². The van der Waals surface area contributed by atoms with Gasteiger partial charge in [-0.15, -0.1) is 0 Å². The number of para-hydroxylation sites is 2. The van der Waals surface area contributed by atoms with Crippen molar-refractivity contribution >= 4 is 33.0 Å². The standard InChI is InChI=1S/C21H19N3O7S/c1-13-7-8-14(11-18(13)24(27)28)21(26)22-17-12-15(9-10-19(17)25)32(29,30)23-16-5-3-4-6-20(16)31-2/h3-12,23,25H,1-2H3,(H,22,26). The number of methoxy groups -OCH3 is 1. The van der Waals surface area contributed by atoms with E-state index in [2.05, 4.69) is 10.0 Å². The van der Waals surface area contributed by atoms with E-state index in [1.165, 1.54) is 38.3 Å². The molecule has 10 nitrogen and oxygen atoms in total. The minimum absolute atomic E-state index is 0.0258. The lowest BCUT2D eigenvalue weighted by Gasteiger charge is -2.13. The Kier molecular flexibility index (Phi) is 6.30. The third-order valence-electron chi connectivity index (χ3n) is 4.55. The number of sulfonamides is 1. The van der Waals surface area contributed by atoms with E-state index < -0.39 is 20.9 Å². The molecule has 3 rings (SSSR count). The molecule has 11 heteroatoms. The summed E-state index contributed by atoms with van der Waals surface area (Å²) in [7, 11) is -2.69. The van der Waals surface area contributed by atoms with Crippen molar-refractivity contribution in [2.24, 2.45) is 0 Å². The van der Waals surface area contributed by atoms with Crippen LogP contribution in [0.3, 0.4) is 0 Å². The van der Waals surface area contributed by atoms with E-state index in [1.54, 1.807) is 18.2 Å². The fourth-order valence-corrected chi connectivity index (χ4v) is 3.95. The molecular formula is C21H19N3O7S. The number of rotatable bonds is 7. The molecular weight excluding hydrogens is 438 g/mol. The summed E-state index contributed by atoms with van der Waals surface area (Å²) in [6.45, 7) is 1.54. The molecule has 0 saturated heterocycles. The molecule has 0 saturated carbocycles. The first-order valence-corrected chi connectivity index (χ1v) is 10.7. The number of hydrogen-bond acceptors (Lipinski definition) is 7. The topological polar surface area (TPSA) is 148 Å². The van der Waals surface area contributed by atoms with E-state index in [-0.39, 0.29) is 33.3 Å². The Balaban J connectivity index is 1.89. The summed E-state index contributed by atoms with van der Waals surface area (Å²) in [4.78, 5) is 22.8. The zero-order valence-electron chi connectivity index (χ0n) is 17.0. The highest BCUT2D eigenvalue weighted by atomic mass is 32.2. The van der Waals surface area contributed by atoms with Gasteiger partial charge in [0.05, 0.1) is 28.3 Å². The number of benzene rings is 3. The van der Waals surface area contributed by atoms with Crippen LogP contribution in [0.2, 0.25) is 0 Å². The minimum Gasteiger partial charge on any atom is -0.506 e. The molecule has 0 aromatic heterocycles. The Morgan fingerprint density at radius 1 is 1.06 bits per heavy atom. The lowest BCUT2D eigenvalue weighted by Crippen LogP contribution is -2.16. The number of carbonyl (C=O) groups excluding carboxylic acids is 1. The zero-order chi connectivity index (χ0) is 23.5. The van der Waals surface area contributed by atoms with Crippen LogP contribution in [0.1, 0.15) is 15.9 Å². The minimum atomic E-state index is -4.09. The molecule has 0 spiro atoms. The van der Waals surface area contributed by atoms with Gasteiger partial charge in [-0.2, -0.15) is 0 Å². The summed E-state index contributed by atoms with van der Waals surface area (Å²) in [6, 6.07) is 13.7. The second kappa shape index (κ2) is 8.94. The Hall–Kier alpha value is -4.12. The molecule has 0 radical (unpaired) electrons. The highest BCUT2D eigenvalue weighted by Crippen LogP contribution is 2.30. The molecule has 0 unspecified atom stereocenters. The van der Waals surface area contributed by atoms with Crippen LogP contribution >= 0.6 is 0 Å². The van der Waals surface area contributed by atoms with Crippen molar-refractivity contribution in [2.45, 2.75) is 11.8 Å². The molecule has 3 N–H and O–H groups in total. The van der Waals surface area contributed by atoms with Gasteiger partial charge in [0.1, 0.15) is 11.5 Å². The van der Waals surface area contributed by atoms with Crippen LogP contribution in [-0.4, -0.2) is 31.5 Å². The molecule has 1 amide bonds. The van der Waals surface area contributed by atoms with E-state index in [0.717, 1.165) is 18.2 Å². The van der Waals surface area contributed by atoms with Crippen LogP contribution in [0.5, 0.6) is 11.5 Å².